The molecule has 0 saturated heterocycles. The zero-order chi connectivity index (χ0) is 19.1. The van der Waals surface area contributed by atoms with Crippen molar-refractivity contribution in [3.63, 3.8) is 0 Å². The number of rotatable bonds is 6. The van der Waals surface area contributed by atoms with Gasteiger partial charge >= 0.3 is 11.9 Å². The molecule has 2 rings (SSSR count). The van der Waals surface area contributed by atoms with E-state index in [4.69, 9.17) is 16.3 Å². The fourth-order valence-corrected chi connectivity index (χ4v) is 2.59. The molecular formula is C19H18ClNO5. The average Bonchev–Trinajstić information content (AvgIpc) is 2.66. The molecule has 0 aliphatic rings. The standard InChI is InChI=1S/C19H18ClNO5/c1-25-18(23)14-7-4-6-13(11-14)17(22)21-16(19(24)26-2)10-12-5-3-8-15(20)9-12/h3-9,11,16H,10H2,1-2H3,(H,21,22)/t16-/m1/s1. The van der Waals surface area contributed by atoms with Crippen molar-refractivity contribution in [2.45, 2.75) is 12.5 Å². The van der Waals surface area contributed by atoms with Crippen LogP contribution in [-0.2, 0) is 20.7 Å². The van der Waals surface area contributed by atoms with Crippen LogP contribution in [0.15, 0.2) is 48.5 Å². The van der Waals surface area contributed by atoms with Gasteiger partial charge in [-0.25, -0.2) is 9.59 Å². The Bertz CT molecular complexity index is 821. The Morgan fingerprint density at radius 1 is 1.00 bits per heavy atom. The van der Waals surface area contributed by atoms with Gasteiger partial charge in [-0.1, -0.05) is 29.8 Å². The molecular weight excluding hydrogens is 358 g/mol. The minimum absolute atomic E-state index is 0.218. The number of hydrogen-bond donors (Lipinski definition) is 1. The van der Waals surface area contributed by atoms with Gasteiger partial charge in [0.1, 0.15) is 6.04 Å². The first-order valence-electron chi connectivity index (χ1n) is 7.76. The van der Waals surface area contributed by atoms with E-state index >= 15 is 0 Å². The zero-order valence-electron chi connectivity index (χ0n) is 14.3. The molecule has 0 aliphatic heterocycles. The number of amides is 1. The molecule has 0 fully saturated rings. The lowest BCUT2D eigenvalue weighted by Crippen LogP contribution is -2.43. The molecule has 1 atom stereocenters. The predicted octanol–water partition coefficient (Wildman–Crippen LogP) is 2.64. The monoisotopic (exact) mass is 375 g/mol. The second-order valence-electron chi connectivity index (χ2n) is 5.46. The van der Waals surface area contributed by atoms with Gasteiger partial charge in [0, 0.05) is 17.0 Å². The van der Waals surface area contributed by atoms with Gasteiger partial charge in [-0.2, -0.15) is 0 Å². The summed E-state index contributed by atoms with van der Waals surface area (Å²) in [5.41, 5.74) is 1.24. The van der Waals surface area contributed by atoms with Crippen LogP contribution in [0.1, 0.15) is 26.3 Å². The van der Waals surface area contributed by atoms with Gasteiger partial charge in [-0.05, 0) is 35.9 Å². The van der Waals surface area contributed by atoms with Crippen LogP contribution in [0.4, 0.5) is 0 Å². The van der Waals surface area contributed by atoms with Crippen molar-refractivity contribution in [1.29, 1.82) is 0 Å². The Kier molecular flexibility index (Phi) is 6.74. The maximum Gasteiger partial charge on any atom is 0.337 e. The summed E-state index contributed by atoms with van der Waals surface area (Å²) in [5, 5.41) is 3.16. The van der Waals surface area contributed by atoms with Crippen LogP contribution in [0.3, 0.4) is 0 Å². The summed E-state index contributed by atoms with van der Waals surface area (Å²) >= 11 is 5.96. The zero-order valence-corrected chi connectivity index (χ0v) is 15.1. The molecule has 6 nitrogen and oxygen atoms in total. The van der Waals surface area contributed by atoms with Crippen molar-refractivity contribution in [2.75, 3.05) is 14.2 Å². The summed E-state index contributed by atoms with van der Waals surface area (Å²) in [5.74, 6) is -1.64. The second kappa shape index (κ2) is 9.01. The molecule has 0 radical (unpaired) electrons. The molecule has 1 N–H and O–H groups in total. The molecule has 1 amide bonds. The SMILES string of the molecule is COC(=O)c1cccc(C(=O)N[C@H](Cc2cccc(Cl)c2)C(=O)OC)c1. The number of carbonyl (C=O) groups is 3. The fourth-order valence-electron chi connectivity index (χ4n) is 2.38. The largest absolute Gasteiger partial charge is 0.467 e. The second-order valence-corrected chi connectivity index (χ2v) is 5.89. The van der Waals surface area contributed by atoms with Gasteiger partial charge in [-0.15, -0.1) is 0 Å². The first-order valence-corrected chi connectivity index (χ1v) is 8.14. The van der Waals surface area contributed by atoms with E-state index in [9.17, 15) is 14.4 Å². The quantitative estimate of drug-likeness (QED) is 0.785. The number of halogens is 1. The van der Waals surface area contributed by atoms with E-state index in [-0.39, 0.29) is 17.5 Å². The van der Waals surface area contributed by atoms with Gasteiger partial charge in [-0.3, -0.25) is 4.79 Å². The summed E-state index contributed by atoms with van der Waals surface area (Å²) < 4.78 is 9.41. The first kappa shape index (κ1) is 19.5. The molecule has 0 aliphatic carbocycles. The highest BCUT2D eigenvalue weighted by molar-refractivity contribution is 6.30. The first-order chi connectivity index (χ1) is 12.4. The molecule has 0 bridgehead atoms. The highest BCUT2D eigenvalue weighted by atomic mass is 35.5. The van der Waals surface area contributed by atoms with E-state index in [1.54, 1.807) is 30.3 Å². The number of carbonyl (C=O) groups excluding carboxylic acids is 3. The van der Waals surface area contributed by atoms with Crippen LogP contribution in [0.2, 0.25) is 5.02 Å². The Labute approximate surface area is 156 Å². The lowest BCUT2D eigenvalue weighted by Gasteiger charge is -2.17. The number of nitrogens with one attached hydrogen (secondary N) is 1. The van der Waals surface area contributed by atoms with Crippen molar-refractivity contribution in [2.24, 2.45) is 0 Å². The van der Waals surface area contributed by atoms with E-state index in [2.05, 4.69) is 10.1 Å². The molecule has 26 heavy (non-hydrogen) atoms. The number of ether oxygens (including phenoxy) is 2. The lowest BCUT2D eigenvalue weighted by molar-refractivity contribution is -0.142. The number of methoxy groups -OCH3 is 2. The smallest absolute Gasteiger partial charge is 0.337 e. The van der Waals surface area contributed by atoms with Gasteiger partial charge in [0.25, 0.3) is 5.91 Å². The number of benzene rings is 2. The molecule has 136 valence electrons. The maximum absolute atomic E-state index is 12.5. The van der Waals surface area contributed by atoms with Crippen molar-refractivity contribution >= 4 is 29.4 Å². The maximum atomic E-state index is 12.5. The van der Waals surface area contributed by atoms with Crippen LogP contribution < -0.4 is 5.32 Å². The normalized spacial score (nSPS) is 11.3. The van der Waals surface area contributed by atoms with E-state index in [0.29, 0.717) is 5.02 Å². The molecule has 7 heteroatoms. The van der Waals surface area contributed by atoms with Crippen molar-refractivity contribution < 1.29 is 23.9 Å². The van der Waals surface area contributed by atoms with E-state index in [0.717, 1.165) is 5.56 Å². The minimum atomic E-state index is -0.896. The number of hydrogen-bond acceptors (Lipinski definition) is 5. The summed E-state index contributed by atoms with van der Waals surface area (Å²) in [4.78, 5) is 36.1. The Morgan fingerprint density at radius 2 is 1.69 bits per heavy atom. The highest BCUT2D eigenvalue weighted by Gasteiger charge is 2.23. The summed E-state index contributed by atoms with van der Waals surface area (Å²) in [6, 6.07) is 12.1. The molecule has 0 unspecified atom stereocenters. The summed E-state index contributed by atoms with van der Waals surface area (Å²) in [7, 11) is 2.50. The fraction of sp³-hybridized carbons (Fsp3) is 0.211. The third-order valence-corrected chi connectivity index (χ3v) is 3.90. The Hall–Kier alpha value is -2.86. The topological polar surface area (TPSA) is 81.7 Å². The third-order valence-electron chi connectivity index (χ3n) is 3.67. The van der Waals surface area contributed by atoms with Gasteiger partial charge in [0.15, 0.2) is 0 Å². The van der Waals surface area contributed by atoms with Crippen molar-refractivity contribution in [3.8, 4) is 0 Å². The van der Waals surface area contributed by atoms with Crippen molar-refractivity contribution in [3.05, 3.63) is 70.2 Å². The van der Waals surface area contributed by atoms with Crippen LogP contribution in [0.5, 0.6) is 0 Å². The van der Waals surface area contributed by atoms with Crippen LogP contribution in [0.25, 0.3) is 0 Å². The van der Waals surface area contributed by atoms with Gasteiger partial charge in [0.05, 0.1) is 19.8 Å². The van der Waals surface area contributed by atoms with E-state index in [1.807, 2.05) is 0 Å². The molecule has 0 heterocycles. The van der Waals surface area contributed by atoms with Gasteiger partial charge < -0.3 is 14.8 Å². The lowest BCUT2D eigenvalue weighted by atomic mass is 10.0. The predicted molar refractivity (Wildman–Crippen MR) is 96.2 cm³/mol. The van der Waals surface area contributed by atoms with Crippen molar-refractivity contribution in [1.82, 2.24) is 5.32 Å². The Balaban J connectivity index is 2.18. The highest BCUT2D eigenvalue weighted by Crippen LogP contribution is 2.13. The van der Waals surface area contributed by atoms with Gasteiger partial charge in [0.2, 0.25) is 0 Å². The molecule has 2 aromatic carbocycles. The van der Waals surface area contributed by atoms with E-state index in [1.165, 1.54) is 32.4 Å². The third kappa shape index (κ3) is 5.07. The van der Waals surface area contributed by atoms with Crippen LogP contribution >= 0.6 is 11.6 Å². The summed E-state index contributed by atoms with van der Waals surface area (Å²) in [6.07, 6.45) is 0.218. The number of esters is 2. The molecule has 0 saturated carbocycles. The molecule has 0 aromatic heterocycles. The molecule has 0 spiro atoms. The van der Waals surface area contributed by atoms with E-state index < -0.39 is 23.9 Å². The Morgan fingerprint density at radius 3 is 2.35 bits per heavy atom. The van der Waals surface area contributed by atoms with Crippen LogP contribution in [0, 0.1) is 0 Å². The summed E-state index contributed by atoms with van der Waals surface area (Å²) in [6.45, 7) is 0. The average molecular weight is 376 g/mol. The molecule has 2 aromatic rings. The minimum Gasteiger partial charge on any atom is -0.467 e. The van der Waals surface area contributed by atoms with Crippen LogP contribution in [-0.4, -0.2) is 38.1 Å².